The number of amides is 1. The number of rotatable bonds is 6. The van der Waals surface area contributed by atoms with Gasteiger partial charge in [0.15, 0.2) is 5.69 Å². The van der Waals surface area contributed by atoms with Crippen molar-refractivity contribution in [3.05, 3.63) is 125 Å². The highest BCUT2D eigenvalue weighted by Gasteiger charge is 2.32. The number of carbonyl (C=O) groups excluding carboxylic acids is 1. The molecule has 2 N–H and O–H groups in total. The second-order valence-electron chi connectivity index (χ2n) is 9.63. The summed E-state index contributed by atoms with van der Waals surface area (Å²) in [5, 5.41) is 3.67. The van der Waals surface area contributed by atoms with E-state index in [4.69, 9.17) is 4.74 Å². The van der Waals surface area contributed by atoms with Gasteiger partial charge in [-0.3, -0.25) is 14.2 Å². The van der Waals surface area contributed by atoms with E-state index in [9.17, 15) is 22.8 Å². The van der Waals surface area contributed by atoms with E-state index >= 15 is 0 Å². The van der Waals surface area contributed by atoms with Gasteiger partial charge in [0.05, 0.1) is 29.4 Å². The third-order valence-electron chi connectivity index (χ3n) is 7.00. The highest BCUT2D eigenvalue weighted by molar-refractivity contribution is 5.97. The number of aromatic nitrogens is 3. The summed E-state index contributed by atoms with van der Waals surface area (Å²) >= 11 is 0. The van der Waals surface area contributed by atoms with Gasteiger partial charge in [-0.2, -0.15) is 13.2 Å². The molecule has 42 heavy (non-hydrogen) atoms. The zero-order valence-electron chi connectivity index (χ0n) is 22.1. The topological polar surface area (TPSA) is 89.0 Å². The van der Waals surface area contributed by atoms with Crippen LogP contribution in [0.4, 0.5) is 18.9 Å². The molecule has 0 bridgehead atoms. The van der Waals surface area contributed by atoms with E-state index in [1.165, 1.54) is 23.8 Å². The minimum atomic E-state index is -4.57. The van der Waals surface area contributed by atoms with E-state index in [-0.39, 0.29) is 11.3 Å². The molecule has 0 saturated heterocycles. The van der Waals surface area contributed by atoms with Crippen LogP contribution in [0.5, 0.6) is 5.75 Å². The zero-order valence-corrected chi connectivity index (χ0v) is 22.1. The normalized spacial score (nSPS) is 12.4. The lowest BCUT2D eigenvalue weighted by Gasteiger charge is -2.23. The summed E-state index contributed by atoms with van der Waals surface area (Å²) in [5.41, 5.74) is 1.24. The molecule has 0 saturated carbocycles. The first kappa shape index (κ1) is 26.8. The van der Waals surface area contributed by atoms with Gasteiger partial charge in [0.1, 0.15) is 11.8 Å². The Labute approximate surface area is 237 Å². The fraction of sp³-hybridized carbons (Fsp3) is 0.0938. The summed E-state index contributed by atoms with van der Waals surface area (Å²) in [6.45, 7) is 0. The smallest absolute Gasteiger partial charge is 0.416 e. The zero-order chi connectivity index (χ0) is 29.4. The number of benzene rings is 4. The van der Waals surface area contributed by atoms with Gasteiger partial charge in [0.2, 0.25) is 0 Å². The maximum Gasteiger partial charge on any atom is 0.416 e. The van der Waals surface area contributed by atoms with Crippen molar-refractivity contribution >= 4 is 33.5 Å². The molecule has 1 unspecified atom stereocenters. The molecule has 7 nitrogen and oxygen atoms in total. The molecule has 0 radical (unpaired) electrons. The third kappa shape index (κ3) is 4.98. The lowest BCUT2D eigenvalue weighted by molar-refractivity contribution is -0.137. The van der Waals surface area contributed by atoms with Crippen molar-refractivity contribution in [1.82, 2.24) is 14.5 Å². The van der Waals surface area contributed by atoms with Gasteiger partial charge in [0, 0.05) is 16.6 Å². The predicted octanol–water partition coefficient (Wildman–Crippen LogP) is 6.80. The van der Waals surface area contributed by atoms with E-state index in [0.717, 1.165) is 23.0 Å². The average molecular weight is 569 g/mol. The van der Waals surface area contributed by atoms with Crippen LogP contribution in [0.3, 0.4) is 0 Å². The number of methoxy groups -OCH3 is 1. The number of para-hydroxylation sites is 3. The summed E-state index contributed by atoms with van der Waals surface area (Å²) in [4.78, 5) is 36.1. The summed E-state index contributed by atoms with van der Waals surface area (Å²) in [6.07, 6.45) is -4.57. The number of hydrogen-bond acceptors (Lipinski definition) is 4. The van der Waals surface area contributed by atoms with Crippen LogP contribution in [0.15, 0.2) is 108 Å². The van der Waals surface area contributed by atoms with Gasteiger partial charge in [-0.25, -0.2) is 4.98 Å². The highest BCUT2D eigenvalue weighted by atomic mass is 19.4. The Bertz CT molecular complexity index is 1950. The first-order chi connectivity index (χ1) is 20.2. The molecule has 6 aromatic rings. The monoisotopic (exact) mass is 568 g/mol. The molecule has 2 aromatic heterocycles. The number of nitrogens with one attached hydrogen (secondary N) is 2. The second-order valence-corrected chi connectivity index (χ2v) is 9.63. The van der Waals surface area contributed by atoms with Gasteiger partial charge in [0.25, 0.3) is 11.5 Å². The van der Waals surface area contributed by atoms with Crippen LogP contribution >= 0.6 is 0 Å². The Morgan fingerprint density at radius 2 is 1.62 bits per heavy atom. The molecule has 210 valence electrons. The number of hydrogen-bond donors (Lipinski definition) is 2. The average Bonchev–Trinajstić information content (AvgIpc) is 3.42. The van der Waals surface area contributed by atoms with Crippen LogP contribution in [0, 0.1) is 0 Å². The van der Waals surface area contributed by atoms with Crippen molar-refractivity contribution in [1.29, 1.82) is 0 Å². The van der Waals surface area contributed by atoms with E-state index in [0.29, 0.717) is 28.2 Å². The van der Waals surface area contributed by atoms with Crippen molar-refractivity contribution in [2.24, 2.45) is 0 Å². The second kappa shape index (κ2) is 10.5. The molecule has 0 fully saturated rings. The molecule has 4 aromatic carbocycles. The van der Waals surface area contributed by atoms with Crippen molar-refractivity contribution in [3.8, 4) is 17.1 Å². The lowest BCUT2D eigenvalue weighted by atomic mass is 10.0. The van der Waals surface area contributed by atoms with Crippen LogP contribution in [0.2, 0.25) is 0 Å². The SMILES string of the molecule is COc1ccc(NC(=O)C(c2ccc(C(F)(F)F)cc2)n2c(=O)c(-c3cc4ccccc4[nH]3)nc3ccccc32)cc1. The number of fused-ring (bicyclic) bond motifs is 2. The molecule has 0 aliphatic heterocycles. The number of ether oxygens (including phenoxy) is 1. The summed E-state index contributed by atoms with van der Waals surface area (Å²) in [7, 11) is 1.51. The van der Waals surface area contributed by atoms with Crippen LogP contribution in [0.25, 0.3) is 33.3 Å². The number of anilines is 1. The number of H-pyrrole nitrogens is 1. The number of nitrogens with zero attached hydrogens (tertiary/aromatic N) is 2. The van der Waals surface area contributed by atoms with Crippen LogP contribution in [0.1, 0.15) is 17.2 Å². The largest absolute Gasteiger partial charge is 0.497 e. The molecule has 0 spiro atoms. The van der Waals surface area contributed by atoms with Crippen molar-refractivity contribution < 1.29 is 22.7 Å². The predicted molar refractivity (Wildman–Crippen MR) is 155 cm³/mol. The van der Waals surface area contributed by atoms with Crippen molar-refractivity contribution in [2.45, 2.75) is 12.2 Å². The highest BCUT2D eigenvalue weighted by Crippen LogP contribution is 2.32. The van der Waals surface area contributed by atoms with Crippen LogP contribution in [-0.4, -0.2) is 27.6 Å². The molecule has 10 heteroatoms. The maximum atomic E-state index is 14.2. The molecular formula is C32H23F3N4O3. The maximum absolute atomic E-state index is 14.2. The molecule has 6 rings (SSSR count). The quantitative estimate of drug-likeness (QED) is 0.231. The summed E-state index contributed by atoms with van der Waals surface area (Å²) < 4.78 is 46.7. The molecule has 0 aliphatic carbocycles. The molecule has 0 aliphatic rings. The van der Waals surface area contributed by atoms with Gasteiger partial charge in [-0.05, 0) is 66.2 Å². The van der Waals surface area contributed by atoms with E-state index in [1.807, 2.05) is 24.3 Å². The Morgan fingerprint density at radius 1 is 0.929 bits per heavy atom. The molecule has 1 amide bonds. The van der Waals surface area contributed by atoms with Crippen LogP contribution < -0.4 is 15.6 Å². The number of halogens is 3. The Hall–Kier alpha value is -5.38. The standard InChI is InChI=1S/C32H23F3N4O3/c1-42-23-16-14-22(15-17-23)36-30(40)29(19-10-12-21(13-11-19)32(33,34)35)39-27-9-5-4-8-25(27)38-28(31(39)41)26-18-20-6-2-3-7-24(20)37-26/h2-18,29,37H,1H3,(H,36,40). The molecule has 2 heterocycles. The van der Waals surface area contributed by atoms with Crippen molar-refractivity contribution in [3.63, 3.8) is 0 Å². The third-order valence-corrected chi connectivity index (χ3v) is 7.00. The lowest BCUT2D eigenvalue weighted by Crippen LogP contribution is -2.35. The minimum Gasteiger partial charge on any atom is -0.497 e. The van der Waals surface area contributed by atoms with E-state index in [1.54, 1.807) is 54.6 Å². The van der Waals surface area contributed by atoms with Gasteiger partial charge < -0.3 is 15.0 Å². The number of carbonyl (C=O) groups is 1. The van der Waals surface area contributed by atoms with Gasteiger partial charge in [-0.1, -0.05) is 42.5 Å². The fourth-order valence-corrected chi connectivity index (χ4v) is 4.94. The summed E-state index contributed by atoms with van der Waals surface area (Å²) in [5.74, 6) is -0.0485. The first-order valence-corrected chi connectivity index (χ1v) is 12.9. The van der Waals surface area contributed by atoms with Gasteiger partial charge >= 0.3 is 6.18 Å². The Balaban J connectivity index is 1.56. The molecule has 1 atom stereocenters. The van der Waals surface area contributed by atoms with E-state index < -0.39 is 29.2 Å². The van der Waals surface area contributed by atoms with Crippen LogP contribution in [-0.2, 0) is 11.0 Å². The van der Waals surface area contributed by atoms with Gasteiger partial charge in [-0.15, -0.1) is 0 Å². The fourth-order valence-electron chi connectivity index (χ4n) is 4.94. The first-order valence-electron chi connectivity index (χ1n) is 12.9. The number of aromatic amines is 1. The minimum absolute atomic E-state index is 0.0686. The Morgan fingerprint density at radius 3 is 2.31 bits per heavy atom. The van der Waals surface area contributed by atoms with E-state index in [2.05, 4.69) is 15.3 Å². The summed E-state index contributed by atoms with van der Waals surface area (Å²) in [6, 6.07) is 25.6. The Kier molecular flexibility index (Phi) is 6.74. The van der Waals surface area contributed by atoms with Crippen molar-refractivity contribution in [2.75, 3.05) is 12.4 Å². The number of alkyl halides is 3. The molecular weight excluding hydrogens is 545 g/mol.